The lowest BCUT2D eigenvalue weighted by atomic mass is 10.3. The summed E-state index contributed by atoms with van der Waals surface area (Å²) in [5.74, 6) is 0.587. The number of oxazole rings is 1. The zero-order chi connectivity index (χ0) is 16.8. The smallest absolute Gasteiger partial charge is 0.271 e. The van der Waals surface area contributed by atoms with Crippen molar-refractivity contribution in [1.82, 2.24) is 14.4 Å². The zero-order valence-corrected chi connectivity index (χ0v) is 15.4. The molecular formula is C14H9BrN4O3S2. The number of aromatic nitrogens is 3. The molecule has 0 spiro atoms. The molecule has 0 radical (unpaired) electrons. The van der Waals surface area contributed by atoms with Gasteiger partial charge in [0.05, 0.1) is 10.6 Å². The van der Waals surface area contributed by atoms with E-state index in [0.717, 1.165) is 21.0 Å². The summed E-state index contributed by atoms with van der Waals surface area (Å²) in [6, 6.07) is 4.38. The highest BCUT2D eigenvalue weighted by atomic mass is 79.9. The first-order valence-electron chi connectivity index (χ1n) is 6.81. The molecule has 3 aromatic heterocycles. The van der Waals surface area contributed by atoms with Crippen LogP contribution in [0.15, 0.2) is 37.8 Å². The maximum atomic E-state index is 10.8. The topological polar surface area (TPSA) is 86.5 Å². The first kappa shape index (κ1) is 15.6. The van der Waals surface area contributed by atoms with Crippen molar-refractivity contribution in [1.29, 1.82) is 0 Å². The molecule has 122 valence electrons. The Balaban J connectivity index is 1.59. The predicted molar refractivity (Wildman–Crippen MR) is 95.7 cm³/mol. The molecule has 0 fully saturated rings. The minimum Gasteiger partial charge on any atom is -0.431 e. The highest BCUT2D eigenvalue weighted by Crippen LogP contribution is 2.32. The van der Waals surface area contributed by atoms with E-state index in [0.29, 0.717) is 22.1 Å². The molecule has 0 atom stereocenters. The molecule has 0 aliphatic heterocycles. The number of hydrogen-bond donors (Lipinski definition) is 0. The second-order valence-electron chi connectivity index (χ2n) is 5.02. The third-order valence-electron chi connectivity index (χ3n) is 3.44. The number of aryl methyl sites for hydroxylation is 1. The Morgan fingerprint density at radius 2 is 2.29 bits per heavy atom. The molecule has 0 N–H and O–H groups in total. The fourth-order valence-corrected chi connectivity index (χ4v) is 4.93. The average Bonchev–Trinajstić information content (AvgIpc) is 3.20. The molecule has 0 bridgehead atoms. The van der Waals surface area contributed by atoms with Crippen LogP contribution < -0.4 is 0 Å². The number of nitro groups is 1. The van der Waals surface area contributed by atoms with Crippen LogP contribution in [0.1, 0.15) is 11.4 Å². The van der Waals surface area contributed by atoms with Gasteiger partial charge in [0.15, 0.2) is 10.5 Å². The van der Waals surface area contributed by atoms with Gasteiger partial charge < -0.3 is 4.42 Å². The molecule has 10 heteroatoms. The number of hydrogen-bond acceptors (Lipinski definition) is 7. The van der Waals surface area contributed by atoms with Crippen molar-refractivity contribution in [2.24, 2.45) is 0 Å². The standard InChI is InChI=1S/C14H9BrN4O3S2/c1-7-5-23-13-16-10(12(15)18(7)13)6-24-14-17-9-4-8(19(20)21)2-3-11(9)22-14/h2-5H,6H2,1H3. The number of fused-ring (bicyclic) bond motifs is 2. The van der Waals surface area contributed by atoms with E-state index < -0.39 is 4.92 Å². The highest BCUT2D eigenvalue weighted by Gasteiger charge is 2.16. The lowest BCUT2D eigenvalue weighted by Gasteiger charge is -1.96. The van der Waals surface area contributed by atoms with Gasteiger partial charge in [0, 0.05) is 29.0 Å². The quantitative estimate of drug-likeness (QED) is 0.265. The first-order chi connectivity index (χ1) is 11.5. The van der Waals surface area contributed by atoms with Gasteiger partial charge in [-0.05, 0) is 28.9 Å². The first-order valence-corrected chi connectivity index (χ1v) is 9.47. The zero-order valence-electron chi connectivity index (χ0n) is 12.2. The average molecular weight is 425 g/mol. The van der Waals surface area contributed by atoms with Gasteiger partial charge in [-0.15, -0.1) is 11.3 Å². The van der Waals surface area contributed by atoms with Crippen molar-refractivity contribution in [3.05, 3.63) is 49.7 Å². The van der Waals surface area contributed by atoms with E-state index in [2.05, 4.69) is 35.7 Å². The minimum atomic E-state index is -0.446. The summed E-state index contributed by atoms with van der Waals surface area (Å²) in [6.07, 6.45) is 0. The molecule has 7 nitrogen and oxygen atoms in total. The fraction of sp³-hybridized carbons (Fsp3) is 0.143. The van der Waals surface area contributed by atoms with E-state index in [-0.39, 0.29) is 5.69 Å². The summed E-state index contributed by atoms with van der Waals surface area (Å²) in [7, 11) is 0. The van der Waals surface area contributed by atoms with Crippen LogP contribution in [0.2, 0.25) is 0 Å². The Hall–Kier alpha value is -1.91. The monoisotopic (exact) mass is 424 g/mol. The van der Waals surface area contributed by atoms with Gasteiger partial charge >= 0.3 is 0 Å². The van der Waals surface area contributed by atoms with E-state index in [4.69, 9.17) is 4.42 Å². The number of imidazole rings is 1. The third kappa shape index (κ3) is 2.60. The van der Waals surface area contributed by atoms with Crippen LogP contribution in [0.25, 0.3) is 16.1 Å². The van der Waals surface area contributed by atoms with Crippen LogP contribution in [0.4, 0.5) is 5.69 Å². The lowest BCUT2D eigenvalue weighted by Crippen LogP contribution is -1.86. The van der Waals surface area contributed by atoms with E-state index in [1.54, 1.807) is 17.4 Å². The van der Waals surface area contributed by atoms with Crippen molar-refractivity contribution in [3.63, 3.8) is 0 Å². The highest BCUT2D eigenvalue weighted by molar-refractivity contribution is 9.10. The van der Waals surface area contributed by atoms with Gasteiger partial charge in [-0.1, -0.05) is 11.8 Å². The number of thiazole rings is 1. The van der Waals surface area contributed by atoms with Crippen LogP contribution in [0.5, 0.6) is 0 Å². The van der Waals surface area contributed by atoms with Crippen LogP contribution >= 0.6 is 39.0 Å². The summed E-state index contributed by atoms with van der Waals surface area (Å²) in [6.45, 7) is 2.03. The van der Waals surface area contributed by atoms with Crippen molar-refractivity contribution < 1.29 is 9.34 Å². The summed E-state index contributed by atoms with van der Waals surface area (Å²) in [4.78, 5) is 20.2. The van der Waals surface area contributed by atoms with Gasteiger partial charge in [0.2, 0.25) is 0 Å². The Bertz CT molecular complexity index is 1080. The van der Waals surface area contributed by atoms with E-state index in [1.807, 2.05) is 6.92 Å². The summed E-state index contributed by atoms with van der Waals surface area (Å²) in [5, 5.41) is 13.3. The van der Waals surface area contributed by atoms with Crippen molar-refractivity contribution >= 4 is 60.8 Å². The van der Waals surface area contributed by atoms with E-state index in [9.17, 15) is 10.1 Å². The number of thioether (sulfide) groups is 1. The van der Waals surface area contributed by atoms with Crippen LogP contribution in [0, 0.1) is 17.0 Å². The van der Waals surface area contributed by atoms with E-state index in [1.165, 1.54) is 23.9 Å². The number of nitro benzene ring substituents is 1. The molecule has 4 rings (SSSR count). The molecular weight excluding hydrogens is 416 g/mol. The molecule has 4 aromatic rings. The maximum absolute atomic E-state index is 10.8. The lowest BCUT2D eigenvalue weighted by molar-refractivity contribution is -0.384. The van der Waals surface area contributed by atoms with Gasteiger partial charge in [0.1, 0.15) is 10.1 Å². The van der Waals surface area contributed by atoms with Crippen LogP contribution in [0.3, 0.4) is 0 Å². The molecule has 0 unspecified atom stereocenters. The molecule has 0 aliphatic rings. The molecule has 0 amide bonds. The Labute approximate surface area is 152 Å². The van der Waals surface area contributed by atoms with E-state index >= 15 is 0 Å². The largest absolute Gasteiger partial charge is 0.431 e. The van der Waals surface area contributed by atoms with Gasteiger partial charge in [-0.3, -0.25) is 14.5 Å². The van der Waals surface area contributed by atoms with Gasteiger partial charge in [-0.25, -0.2) is 9.97 Å². The number of halogens is 1. The number of rotatable bonds is 4. The maximum Gasteiger partial charge on any atom is 0.271 e. The Morgan fingerprint density at radius 1 is 1.46 bits per heavy atom. The second-order valence-corrected chi connectivity index (χ2v) is 7.54. The Kier molecular flexibility index (Phi) is 3.82. The summed E-state index contributed by atoms with van der Waals surface area (Å²) in [5.41, 5.74) is 3.04. The van der Waals surface area contributed by atoms with Gasteiger partial charge in [0.25, 0.3) is 10.9 Å². The third-order valence-corrected chi connectivity index (χ3v) is 6.03. The molecule has 24 heavy (non-hydrogen) atoms. The van der Waals surface area contributed by atoms with Crippen molar-refractivity contribution in [2.75, 3.05) is 0 Å². The predicted octanol–water partition coefficient (Wildman–Crippen LogP) is 4.81. The summed E-state index contributed by atoms with van der Waals surface area (Å²) < 4.78 is 8.60. The van der Waals surface area contributed by atoms with Crippen LogP contribution in [-0.4, -0.2) is 19.3 Å². The molecule has 1 aromatic carbocycles. The SMILES string of the molecule is Cc1csc2nc(CSc3nc4cc([N+](=O)[O-])ccc4o3)c(Br)n12. The summed E-state index contributed by atoms with van der Waals surface area (Å²) >= 11 is 6.58. The number of benzene rings is 1. The molecule has 3 heterocycles. The van der Waals surface area contributed by atoms with Crippen molar-refractivity contribution in [2.45, 2.75) is 17.9 Å². The molecule has 0 saturated heterocycles. The van der Waals surface area contributed by atoms with Crippen molar-refractivity contribution in [3.8, 4) is 0 Å². The van der Waals surface area contributed by atoms with Crippen LogP contribution in [-0.2, 0) is 5.75 Å². The number of nitrogens with zero attached hydrogens (tertiary/aromatic N) is 4. The minimum absolute atomic E-state index is 0.0000851. The Morgan fingerprint density at radius 3 is 3.04 bits per heavy atom. The second kappa shape index (κ2) is 5.87. The molecule has 0 saturated carbocycles. The normalized spacial score (nSPS) is 11.6. The number of non-ortho nitro benzene ring substituents is 1. The fourth-order valence-electron chi connectivity index (χ4n) is 2.29. The molecule has 0 aliphatic carbocycles. The van der Waals surface area contributed by atoms with Gasteiger partial charge in [-0.2, -0.15) is 0 Å².